The van der Waals surface area contributed by atoms with Crippen LogP contribution in [0.3, 0.4) is 0 Å². The van der Waals surface area contributed by atoms with Gasteiger partial charge in [-0.1, -0.05) is 17.7 Å². The van der Waals surface area contributed by atoms with Crippen LogP contribution < -0.4 is 15.8 Å². The highest BCUT2D eigenvalue weighted by Crippen LogP contribution is 2.29. The summed E-state index contributed by atoms with van der Waals surface area (Å²) in [6.45, 7) is 2.02. The smallest absolute Gasteiger partial charge is 0.143 e. The van der Waals surface area contributed by atoms with Gasteiger partial charge in [0, 0.05) is 22.5 Å². The Morgan fingerprint density at radius 2 is 1.94 bits per heavy atom. The first kappa shape index (κ1) is 12.6. The van der Waals surface area contributed by atoms with Gasteiger partial charge < -0.3 is 15.8 Å². The van der Waals surface area contributed by atoms with E-state index in [0.717, 1.165) is 16.9 Å². The number of nitrogens with one attached hydrogen (secondary N) is 1. The standard InChI is InChI=1S/C14H15ClN2O/c1-9-3-4-10(15)7-13(9)17-11-5-6-12(16)14(8-11)18-2/h3-8,17H,16H2,1-2H3. The van der Waals surface area contributed by atoms with Gasteiger partial charge in [-0.3, -0.25) is 0 Å². The van der Waals surface area contributed by atoms with E-state index < -0.39 is 0 Å². The number of halogens is 1. The third-order valence-corrected chi connectivity index (χ3v) is 2.95. The van der Waals surface area contributed by atoms with Gasteiger partial charge in [0.2, 0.25) is 0 Å². The van der Waals surface area contributed by atoms with Crippen molar-refractivity contribution in [3.05, 3.63) is 47.0 Å². The lowest BCUT2D eigenvalue weighted by Crippen LogP contribution is -1.96. The Hall–Kier alpha value is -1.87. The second-order valence-electron chi connectivity index (χ2n) is 4.04. The van der Waals surface area contributed by atoms with Gasteiger partial charge in [0.25, 0.3) is 0 Å². The molecule has 0 unspecified atom stereocenters. The number of hydrogen-bond donors (Lipinski definition) is 2. The molecule has 0 saturated heterocycles. The van der Waals surface area contributed by atoms with Crippen LogP contribution in [0.2, 0.25) is 5.02 Å². The molecule has 3 N–H and O–H groups in total. The molecule has 3 nitrogen and oxygen atoms in total. The van der Waals surface area contributed by atoms with Crippen LogP contribution in [0.1, 0.15) is 5.56 Å². The minimum Gasteiger partial charge on any atom is -0.495 e. The Morgan fingerprint density at radius 3 is 2.67 bits per heavy atom. The number of nitrogen functional groups attached to an aromatic ring is 1. The van der Waals surface area contributed by atoms with E-state index in [-0.39, 0.29) is 0 Å². The summed E-state index contributed by atoms with van der Waals surface area (Å²) in [5.74, 6) is 0.652. The SMILES string of the molecule is COc1cc(Nc2cc(Cl)ccc2C)ccc1N. The topological polar surface area (TPSA) is 47.3 Å². The summed E-state index contributed by atoms with van der Waals surface area (Å²) < 4.78 is 5.19. The van der Waals surface area contributed by atoms with Crippen LogP contribution in [-0.2, 0) is 0 Å². The van der Waals surface area contributed by atoms with Crippen molar-refractivity contribution in [2.45, 2.75) is 6.92 Å². The summed E-state index contributed by atoms with van der Waals surface area (Å²) in [4.78, 5) is 0. The van der Waals surface area contributed by atoms with Crippen LogP contribution in [0.25, 0.3) is 0 Å². The Labute approximate surface area is 112 Å². The quantitative estimate of drug-likeness (QED) is 0.823. The molecule has 0 aliphatic rings. The van der Waals surface area contributed by atoms with Crippen molar-refractivity contribution in [2.24, 2.45) is 0 Å². The average Bonchev–Trinajstić information content (AvgIpc) is 2.36. The van der Waals surface area contributed by atoms with Gasteiger partial charge in [-0.25, -0.2) is 0 Å². The molecule has 94 valence electrons. The molecule has 0 saturated carbocycles. The molecule has 0 aromatic heterocycles. The van der Waals surface area contributed by atoms with Crippen LogP contribution in [0.15, 0.2) is 36.4 Å². The molecule has 0 amide bonds. The predicted molar refractivity (Wildman–Crippen MR) is 76.9 cm³/mol. The molecule has 0 spiro atoms. The van der Waals surface area contributed by atoms with Gasteiger partial charge in [0.05, 0.1) is 12.8 Å². The van der Waals surface area contributed by atoms with Crippen molar-refractivity contribution in [2.75, 3.05) is 18.2 Å². The van der Waals surface area contributed by atoms with Crippen LogP contribution in [0.4, 0.5) is 17.1 Å². The summed E-state index contributed by atoms with van der Waals surface area (Å²) >= 11 is 5.98. The third-order valence-electron chi connectivity index (χ3n) is 2.71. The number of aryl methyl sites for hydroxylation is 1. The summed E-state index contributed by atoms with van der Waals surface area (Å²) in [5.41, 5.74) is 9.39. The molecular formula is C14H15ClN2O. The Morgan fingerprint density at radius 1 is 1.17 bits per heavy atom. The molecule has 4 heteroatoms. The minimum atomic E-state index is 0.617. The molecular weight excluding hydrogens is 248 g/mol. The van der Waals surface area contributed by atoms with Crippen molar-refractivity contribution in [3.8, 4) is 5.75 Å². The van der Waals surface area contributed by atoms with E-state index in [9.17, 15) is 0 Å². The largest absolute Gasteiger partial charge is 0.495 e. The lowest BCUT2D eigenvalue weighted by molar-refractivity contribution is 0.417. The van der Waals surface area contributed by atoms with Crippen molar-refractivity contribution in [3.63, 3.8) is 0 Å². The van der Waals surface area contributed by atoms with Crippen molar-refractivity contribution in [1.82, 2.24) is 0 Å². The Bertz CT molecular complexity index is 570. The monoisotopic (exact) mass is 262 g/mol. The Balaban J connectivity index is 2.31. The highest BCUT2D eigenvalue weighted by molar-refractivity contribution is 6.30. The number of rotatable bonds is 3. The summed E-state index contributed by atoms with van der Waals surface area (Å²) in [6, 6.07) is 11.3. The average molecular weight is 263 g/mol. The minimum absolute atomic E-state index is 0.617. The van der Waals surface area contributed by atoms with E-state index in [2.05, 4.69) is 5.32 Å². The van der Waals surface area contributed by atoms with E-state index in [1.54, 1.807) is 13.2 Å². The van der Waals surface area contributed by atoms with Gasteiger partial charge in [-0.2, -0.15) is 0 Å². The van der Waals surface area contributed by atoms with E-state index in [1.807, 2.05) is 37.3 Å². The molecule has 18 heavy (non-hydrogen) atoms. The first-order valence-corrected chi connectivity index (χ1v) is 5.94. The molecule has 0 aliphatic heterocycles. The zero-order valence-corrected chi connectivity index (χ0v) is 11.1. The molecule has 2 rings (SSSR count). The summed E-state index contributed by atoms with van der Waals surface area (Å²) in [6.07, 6.45) is 0. The molecule has 2 aromatic carbocycles. The number of benzene rings is 2. The number of methoxy groups -OCH3 is 1. The molecule has 0 atom stereocenters. The number of hydrogen-bond acceptors (Lipinski definition) is 3. The first-order valence-electron chi connectivity index (χ1n) is 5.57. The van der Waals surface area contributed by atoms with Crippen molar-refractivity contribution < 1.29 is 4.74 Å². The molecule has 0 aliphatic carbocycles. The van der Waals surface area contributed by atoms with Crippen LogP contribution in [-0.4, -0.2) is 7.11 Å². The fourth-order valence-electron chi connectivity index (χ4n) is 1.67. The van der Waals surface area contributed by atoms with Gasteiger partial charge in [0.15, 0.2) is 0 Å². The van der Waals surface area contributed by atoms with E-state index in [0.29, 0.717) is 16.5 Å². The van der Waals surface area contributed by atoms with E-state index in [1.165, 1.54) is 0 Å². The first-order chi connectivity index (χ1) is 8.60. The highest BCUT2D eigenvalue weighted by atomic mass is 35.5. The third kappa shape index (κ3) is 2.68. The van der Waals surface area contributed by atoms with Crippen LogP contribution in [0, 0.1) is 6.92 Å². The lowest BCUT2D eigenvalue weighted by atomic mass is 10.2. The van der Waals surface area contributed by atoms with Crippen molar-refractivity contribution >= 4 is 28.7 Å². The zero-order chi connectivity index (χ0) is 13.1. The molecule has 0 heterocycles. The summed E-state index contributed by atoms with van der Waals surface area (Å²) in [7, 11) is 1.60. The maximum atomic E-state index is 5.98. The van der Waals surface area contributed by atoms with Crippen molar-refractivity contribution in [1.29, 1.82) is 0 Å². The maximum absolute atomic E-state index is 5.98. The molecule has 0 radical (unpaired) electrons. The van der Waals surface area contributed by atoms with Crippen LogP contribution >= 0.6 is 11.6 Å². The Kier molecular flexibility index (Phi) is 3.63. The van der Waals surface area contributed by atoms with Gasteiger partial charge in [0.1, 0.15) is 5.75 Å². The van der Waals surface area contributed by atoms with E-state index in [4.69, 9.17) is 22.1 Å². The second kappa shape index (κ2) is 5.19. The molecule has 2 aromatic rings. The maximum Gasteiger partial charge on any atom is 0.143 e. The summed E-state index contributed by atoms with van der Waals surface area (Å²) in [5, 5.41) is 3.99. The van der Waals surface area contributed by atoms with E-state index >= 15 is 0 Å². The molecule has 0 fully saturated rings. The normalized spacial score (nSPS) is 10.2. The fourth-order valence-corrected chi connectivity index (χ4v) is 1.85. The second-order valence-corrected chi connectivity index (χ2v) is 4.48. The lowest BCUT2D eigenvalue weighted by Gasteiger charge is -2.12. The number of ether oxygens (including phenoxy) is 1. The predicted octanol–water partition coefficient (Wildman–Crippen LogP) is 3.98. The van der Waals surface area contributed by atoms with Gasteiger partial charge >= 0.3 is 0 Å². The number of anilines is 3. The number of nitrogens with two attached hydrogens (primary N) is 1. The fraction of sp³-hybridized carbons (Fsp3) is 0.143. The van der Waals surface area contributed by atoms with Gasteiger partial charge in [-0.15, -0.1) is 0 Å². The molecule has 0 bridgehead atoms. The zero-order valence-electron chi connectivity index (χ0n) is 10.3. The van der Waals surface area contributed by atoms with Gasteiger partial charge in [-0.05, 0) is 36.8 Å². The highest BCUT2D eigenvalue weighted by Gasteiger charge is 2.03. The van der Waals surface area contributed by atoms with Crippen LogP contribution in [0.5, 0.6) is 5.75 Å².